The topological polar surface area (TPSA) is 79.3 Å². The molecule has 1 saturated heterocycles. The van der Waals surface area contributed by atoms with Crippen molar-refractivity contribution in [1.82, 2.24) is 4.90 Å². The Labute approximate surface area is 77.1 Å². The van der Waals surface area contributed by atoms with E-state index in [0.29, 0.717) is 26.2 Å². The molecule has 1 aliphatic heterocycles. The molecule has 0 aromatic heterocycles. The van der Waals surface area contributed by atoms with Gasteiger partial charge in [-0.05, 0) is 0 Å². The second kappa shape index (κ2) is 4.80. The van der Waals surface area contributed by atoms with Crippen LogP contribution in [0.4, 0.5) is 0 Å². The Morgan fingerprint density at radius 3 is 3.15 bits per heavy atom. The highest BCUT2D eigenvalue weighted by atomic mass is 16.5. The third-order valence-electron chi connectivity index (χ3n) is 1.98. The average molecular weight is 183 g/mol. The summed E-state index contributed by atoms with van der Waals surface area (Å²) in [5, 5.41) is 8.34. The number of hydrogen-bond acceptors (Lipinski definition) is 4. The molecule has 1 rings (SSSR count). The summed E-state index contributed by atoms with van der Waals surface area (Å²) in [5.74, 6) is -0.135. The van der Waals surface area contributed by atoms with Gasteiger partial charge in [0.15, 0.2) is 0 Å². The van der Waals surface area contributed by atoms with Gasteiger partial charge in [-0.15, -0.1) is 0 Å². The molecule has 0 bridgehead atoms. The van der Waals surface area contributed by atoms with Gasteiger partial charge in [-0.1, -0.05) is 0 Å². The van der Waals surface area contributed by atoms with E-state index in [-0.39, 0.29) is 18.4 Å². The number of hydrogen-bond donors (Lipinski definition) is 1. The van der Waals surface area contributed by atoms with Crippen molar-refractivity contribution in [3.63, 3.8) is 0 Å². The van der Waals surface area contributed by atoms with E-state index in [0.717, 1.165) is 0 Å². The summed E-state index contributed by atoms with van der Waals surface area (Å²) < 4.78 is 5.28. The first-order valence-corrected chi connectivity index (χ1v) is 4.24. The molecular formula is C8H13N3O2. The first kappa shape index (κ1) is 9.96. The minimum Gasteiger partial charge on any atom is -0.373 e. The summed E-state index contributed by atoms with van der Waals surface area (Å²) >= 11 is 0. The molecule has 1 unspecified atom stereocenters. The van der Waals surface area contributed by atoms with Crippen LogP contribution in [0.5, 0.6) is 0 Å². The zero-order valence-electron chi connectivity index (χ0n) is 7.40. The Bertz CT molecular complexity index is 224. The van der Waals surface area contributed by atoms with E-state index in [1.807, 2.05) is 6.07 Å². The third-order valence-corrected chi connectivity index (χ3v) is 1.98. The molecule has 1 heterocycles. The Kier molecular flexibility index (Phi) is 3.68. The van der Waals surface area contributed by atoms with Crippen molar-refractivity contribution in [2.24, 2.45) is 5.73 Å². The van der Waals surface area contributed by atoms with Crippen molar-refractivity contribution in [3.8, 4) is 6.07 Å². The number of rotatable bonds is 2. The second-order valence-corrected chi connectivity index (χ2v) is 2.90. The van der Waals surface area contributed by atoms with Gasteiger partial charge in [-0.2, -0.15) is 5.26 Å². The predicted octanol–water partition coefficient (Wildman–Crippen LogP) is -0.914. The van der Waals surface area contributed by atoms with Crippen LogP contribution in [0.25, 0.3) is 0 Å². The van der Waals surface area contributed by atoms with Crippen LogP contribution in [0.15, 0.2) is 0 Å². The van der Waals surface area contributed by atoms with Crippen LogP contribution in [-0.4, -0.2) is 43.2 Å². The lowest BCUT2D eigenvalue weighted by Gasteiger charge is -2.31. The molecule has 1 amide bonds. The maximum atomic E-state index is 11.3. The molecule has 1 aliphatic rings. The van der Waals surface area contributed by atoms with Crippen molar-refractivity contribution >= 4 is 5.91 Å². The standard InChI is InChI=1S/C8H13N3O2/c9-2-1-8(12)11-3-4-13-7(5-10)6-11/h7H,1,3-6,10H2. The maximum absolute atomic E-state index is 11.3. The third kappa shape index (κ3) is 2.68. The fourth-order valence-corrected chi connectivity index (χ4v) is 1.27. The van der Waals surface area contributed by atoms with E-state index in [4.69, 9.17) is 15.7 Å². The molecular weight excluding hydrogens is 170 g/mol. The van der Waals surface area contributed by atoms with Crippen LogP contribution < -0.4 is 5.73 Å². The summed E-state index contributed by atoms with van der Waals surface area (Å²) in [6, 6.07) is 1.83. The number of amides is 1. The molecule has 72 valence electrons. The highest BCUT2D eigenvalue weighted by molar-refractivity contribution is 5.78. The van der Waals surface area contributed by atoms with E-state index in [9.17, 15) is 4.79 Å². The van der Waals surface area contributed by atoms with Crippen molar-refractivity contribution in [1.29, 1.82) is 5.26 Å². The summed E-state index contributed by atoms with van der Waals surface area (Å²) in [5.41, 5.74) is 5.41. The number of nitrogens with two attached hydrogens (primary N) is 1. The van der Waals surface area contributed by atoms with Gasteiger partial charge in [0.05, 0.1) is 18.8 Å². The highest BCUT2D eigenvalue weighted by Crippen LogP contribution is 2.05. The molecule has 1 atom stereocenters. The Hall–Kier alpha value is -1.12. The van der Waals surface area contributed by atoms with Gasteiger partial charge < -0.3 is 15.4 Å². The summed E-state index contributed by atoms with van der Waals surface area (Å²) in [6.45, 7) is 2.00. The molecule has 5 nitrogen and oxygen atoms in total. The number of morpholine rings is 1. The lowest BCUT2D eigenvalue weighted by Crippen LogP contribution is -2.48. The average Bonchev–Trinajstić information content (AvgIpc) is 2.18. The Balaban J connectivity index is 2.42. The van der Waals surface area contributed by atoms with Crippen LogP contribution >= 0.6 is 0 Å². The van der Waals surface area contributed by atoms with Crippen LogP contribution in [0.2, 0.25) is 0 Å². The predicted molar refractivity (Wildman–Crippen MR) is 45.6 cm³/mol. The van der Waals surface area contributed by atoms with Gasteiger partial charge in [0.2, 0.25) is 5.91 Å². The van der Waals surface area contributed by atoms with Gasteiger partial charge in [0, 0.05) is 19.6 Å². The molecule has 0 aromatic carbocycles. The minimum absolute atomic E-state index is 0.0582. The van der Waals surface area contributed by atoms with Crippen LogP contribution in [0, 0.1) is 11.3 Å². The van der Waals surface area contributed by atoms with Crippen molar-refractivity contribution < 1.29 is 9.53 Å². The van der Waals surface area contributed by atoms with E-state index in [1.54, 1.807) is 4.90 Å². The number of nitrogens with zero attached hydrogens (tertiary/aromatic N) is 2. The lowest BCUT2D eigenvalue weighted by atomic mass is 10.2. The quantitative estimate of drug-likeness (QED) is 0.600. The molecule has 5 heteroatoms. The molecule has 1 fully saturated rings. The zero-order valence-corrected chi connectivity index (χ0v) is 7.40. The van der Waals surface area contributed by atoms with Gasteiger partial charge in [-0.25, -0.2) is 0 Å². The molecule has 0 aromatic rings. The summed E-state index contributed by atoms with van der Waals surface area (Å²) in [4.78, 5) is 12.9. The van der Waals surface area contributed by atoms with Crippen LogP contribution in [0.3, 0.4) is 0 Å². The number of nitriles is 1. The van der Waals surface area contributed by atoms with E-state index in [2.05, 4.69) is 0 Å². The normalized spacial score (nSPS) is 22.5. The number of ether oxygens (including phenoxy) is 1. The molecule has 2 N–H and O–H groups in total. The van der Waals surface area contributed by atoms with E-state index >= 15 is 0 Å². The summed E-state index contributed by atoms with van der Waals surface area (Å²) in [6.07, 6.45) is -0.131. The highest BCUT2D eigenvalue weighted by Gasteiger charge is 2.22. The van der Waals surface area contributed by atoms with Crippen molar-refractivity contribution in [2.45, 2.75) is 12.5 Å². The van der Waals surface area contributed by atoms with Gasteiger partial charge >= 0.3 is 0 Å². The first-order chi connectivity index (χ1) is 6.27. The number of carbonyl (C=O) groups excluding carboxylic acids is 1. The molecule has 13 heavy (non-hydrogen) atoms. The Morgan fingerprint density at radius 1 is 1.77 bits per heavy atom. The minimum atomic E-state index is -0.135. The van der Waals surface area contributed by atoms with E-state index in [1.165, 1.54) is 0 Å². The van der Waals surface area contributed by atoms with Gasteiger partial charge in [0.25, 0.3) is 0 Å². The fraction of sp³-hybridized carbons (Fsp3) is 0.750. The first-order valence-electron chi connectivity index (χ1n) is 4.24. The maximum Gasteiger partial charge on any atom is 0.236 e. The monoisotopic (exact) mass is 183 g/mol. The van der Waals surface area contributed by atoms with Gasteiger partial charge in [-0.3, -0.25) is 4.79 Å². The van der Waals surface area contributed by atoms with E-state index < -0.39 is 0 Å². The van der Waals surface area contributed by atoms with Crippen molar-refractivity contribution in [2.75, 3.05) is 26.2 Å². The smallest absolute Gasteiger partial charge is 0.236 e. The largest absolute Gasteiger partial charge is 0.373 e. The summed E-state index contributed by atoms with van der Waals surface area (Å²) in [7, 11) is 0. The molecule has 0 saturated carbocycles. The van der Waals surface area contributed by atoms with Gasteiger partial charge in [0.1, 0.15) is 6.42 Å². The Morgan fingerprint density at radius 2 is 2.54 bits per heavy atom. The lowest BCUT2D eigenvalue weighted by molar-refractivity contribution is -0.137. The molecule has 0 spiro atoms. The molecule has 0 aliphatic carbocycles. The van der Waals surface area contributed by atoms with Crippen LogP contribution in [-0.2, 0) is 9.53 Å². The number of carbonyl (C=O) groups is 1. The zero-order chi connectivity index (χ0) is 9.68. The van der Waals surface area contributed by atoms with Crippen LogP contribution in [0.1, 0.15) is 6.42 Å². The van der Waals surface area contributed by atoms with Crippen molar-refractivity contribution in [3.05, 3.63) is 0 Å². The fourth-order valence-electron chi connectivity index (χ4n) is 1.27. The SMILES string of the molecule is N#CCC(=O)N1CCOC(CN)C1. The molecule has 0 radical (unpaired) electrons. The second-order valence-electron chi connectivity index (χ2n) is 2.90.